The van der Waals surface area contributed by atoms with E-state index in [1.165, 1.54) is 0 Å². The maximum atomic E-state index is 4.49. The van der Waals surface area contributed by atoms with E-state index in [0.717, 1.165) is 24.4 Å². The van der Waals surface area contributed by atoms with Crippen molar-refractivity contribution < 1.29 is 0 Å². The Bertz CT molecular complexity index is 555. The minimum atomic E-state index is 0.237. The Kier molecular flexibility index (Phi) is 4.09. The highest BCUT2D eigenvalue weighted by Crippen LogP contribution is 2.13. The number of hydrogen-bond acceptors (Lipinski definition) is 3. The first kappa shape index (κ1) is 12.9. The Morgan fingerprint density at radius 3 is 2.70 bits per heavy atom. The molecule has 0 aromatic heterocycles. The van der Waals surface area contributed by atoms with Crippen LogP contribution in [-0.2, 0) is 0 Å². The standard InChI is InChI=1S/C17H19N3/c1-3-8-14(9-4-1)19-16-12-7-13-18-17(16)20-15-10-5-2-6-11-15/h1-8,10-11,13-14,16,19H,9,12H2,(H,18,20). The molecule has 2 atom stereocenters. The number of nitrogens with zero attached hydrogens (tertiary/aromatic N) is 1. The van der Waals surface area contributed by atoms with Gasteiger partial charge in [0.2, 0.25) is 0 Å². The van der Waals surface area contributed by atoms with Crippen LogP contribution in [0.3, 0.4) is 0 Å². The number of amidine groups is 1. The van der Waals surface area contributed by atoms with Gasteiger partial charge in [0.25, 0.3) is 0 Å². The summed E-state index contributed by atoms with van der Waals surface area (Å²) in [6.45, 7) is 0. The molecule has 0 radical (unpaired) electrons. The molecule has 1 aromatic rings. The second-order valence-electron chi connectivity index (χ2n) is 5.00. The third-order valence-corrected chi connectivity index (χ3v) is 3.46. The average molecular weight is 265 g/mol. The van der Waals surface area contributed by atoms with Gasteiger partial charge in [-0.15, -0.1) is 0 Å². The summed E-state index contributed by atoms with van der Waals surface area (Å²) >= 11 is 0. The zero-order chi connectivity index (χ0) is 13.6. The van der Waals surface area contributed by atoms with Crippen LogP contribution in [0.1, 0.15) is 12.8 Å². The SMILES string of the molecule is C1=CCC(NC2CC=CN=C2Nc2ccccc2)C=C1. The fourth-order valence-electron chi connectivity index (χ4n) is 2.43. The summed E-state index contributed by atoms with van der Waals surface area (Å²) in [4.78, 5) is 4.49. The summed E-state index contributed by atoms with van der Waals surface area (Å²) in [7, 11) is 0. The average Bonchev–Trinajstić information content (AvgIpc) is 2.51. The van der Waals surface area contributed by atoms with E-state index in [1.807, 2.05) is 24.4 Å². The van der Waals surface area contributed by atoms with Crippen LogP contribution in [0.4, 0.5) is 5.69 Å². The molecule has 0 amide bonds. The summed E-state index contributed by atoms with van der Waals surface area (Å²) in [6.07, 6.45) is 14.6. The Labute approximate surface area is 119 Å². The topological polar surface area (TPSA) is 36.4 Å². The Hall–Kier alpha value is -2.13. The highest BCUT2D eigenvalue weighted by molar-refractivity contribution is 6.00. The summed E-state index contributed by atoms with van der Waals surface area (Å²) in [6, 6.07) is 10.8. The molecular weight excluding hydrogens is 246 g/mol. The molecule has 1 aliphatic carbocycles. The molecule has 0 fully saturated rings. The third-order valence-electron chi connectivity index (χ3n) is 3.46. The van der Waals surface area contributed by atoms with Crippen LogP contribution < -0.4 is 10.6 Å². The third kappa shape index (κ3) is 3.25. The van der Waals surface area contributed by atoms with Gasteiger partial charge in [-0.2, -0.15) is 0 Å². The smallest absolute Gasteiger partial charge is 0.123 e. The van der Waals surface area contributed by atoms with E-state index < -0.39 is 0 Å². The molecule has 20 heavy (non-hydrogen) atoms. The molecule has 3 nitrogen and oxygen atoms in total. The van der Waals surface area contributed by atoms with Gasteiger partial charge < -0.3 is 10.6 Å². The van der Waals surface area contributed by atoms with Crippen LogP contribution in [0, 0.1) is 0 Å². The minimum Gasteiger partial charge on any atom is -0.342 e. The first-order valence-electron chi connectivity index (χ1n) is 7.06. The van der Waals surface area contributed by atoms with Gasteiger partial charge in [-0.25, -0.2) is 4.99 Å². The van der Waals surface area contributed by atoms with Gasteiger partial charge in [0.1, 0.15) is 5.84 Å². The van der Waals surface area contributed by atoms with Crippen LogP contribution in [0.2, 0.25) is 0 Å². The van der Waals surface area contributed by atoms with Crippen LogP contribution in [0.25, 0.3) is 0 Å². The van der Waals surface area contributed by atoms with Crippen molar-refractivity contribution in [3.8, 4) is 0 Å². The van der Waals surface area contributed by atoms with Crippen molar-refractivity contribution in [3.63, 3.8) is 0 Å². The van der Waals surface area contributed by atoms with Gasteiger partial charge >= 0.3 is 0 Å². The zero-order valence-electron chi connectivity index (χ0n) is 11.4. The van der Waals surface area contributed by atoms with E-state index in [9.17, 15) is 0 Å². The van der Waals surface area contributed by atoms with Crippen molar-refractivity contribution in [1.29, 1.82) is 0 Å². The normalized spacial score (nSPS) is 24.5. The van der Waals surface area contributed by atoms with Gasteiger partial charge in [0.15, 0.2) is 0 Å². The van der Waals surface area contributed by atoms with Gasteiger partial charge in [-0.1, -0.05) is 48.6 Å². The van der Waals surface area contributed by atoms with Crippen molar-refractivity contribution >= 4 is 11.5 Å². The van der Waals surface area contributed by atoms with Crippen LogP contribution in [-0.4, -0.2) is 17.9 Å². The monoisotopic (exact) mass is 265 g/mol. The molecular formula is C17H19N3. The van der Waals surface area contributed by atoms with Crippen molar-refractivity contribution in [2.45, 2.75) is 24.9 Å². The van der Waals surface area contributed by atoms with Crippen molar-refractivity contribution in [1.82, 2.24) is 5.32 Å². The van der Waals surface area contributed by atoms with E-state index in [1.54, 1.807) is 0 Å². The Morgan fingerprint density at radius 1 is 1.00 bits per heavy atom. The first-order valence-corrected chi connectivity index (χ1v) is 7.06. The number of aliphatic imine (C=N–C) groups is 1. The maximum Gasteiger partial charge on any atom is 0.123 e. The molecule has 1 heterocycles. The molecule has 102 valence electrons. The fourth-order valence-corrected chi connectivity index (χ4v) is 2.43. The van der Waals surface area contributed by atoms with E-state index in [2.05, 4.69) is 58.1 Å². The number of allylic oxidation sites excluding steroid dienone is 2. The van der Waals surface area contributed by atoms with Crippen molar-refractivity contribution in [2.24, 2.45) is 4.99 Å². The predicted molar refractivity (Wildman–Crippen MR) is 84.9 cm³/mol. The minimum absolute atomic E-state index is 0.237. The molecule has 0 saturated carbocycles. The molecule has 2 unspecified atom stereocenters. The number of benzene rings is 1. The van der Waals surface area contributed by atoms with E-state index in [0.29, 0.717) is 6.04 Å². The van der Waals surface area contributed by atoms with Gasteiger partial charge in [-0.05, 0) is 25.0 Å². The van der Waals surface area contributed by atoms with Gasteiger partial charge in [-0.3, -0.25) is 0 Å². The predicted octanol–water partition coefficient (Wildman–Crippen LogP) is 3.26. The molecule has 2 N–H and O–H groups in total. The lowest BCUT2D eigenvalue weighted by atomic mass is 10.0. The number of nitrogens with one attached hydrogen (secondary N) is 2. The summed E-state index contributed by atoms with van der Waals surface area (Å²) in [5.41, 5.74) is 1.08. The van der Waals surface area contributed by atoms with E-state index in [4.69, 9.17) is 0 Å². The molecule has 1 aromatic carbocycles. The second-order valence-corrected chi connectivity index (χ2v) is 5.00. The molecule has 2 aliphatic rings. The van der Waals surface area contributed by atoms with E-state index in [-0.39, 0.29) is 6.04 Å². The summed E-state index contributed by atoms with van der Waals surface area (Å²) < 4.78 is 0. The lowest BCUT2D eigenvalue weighted by molar-refractivity contribution is 0.547. The largest absolute Gasteiger partial charge is 0.342 e. The molecule has 0 saturated heterocycles. The van der Waals surface area contributed by atoms with Gasteiger partial charge in [0, 0.05) is 17.9 Å². The highest BCUT2D eigenvalue weighted by Gasteiger charge is 2.20. The summed E-state index contributed by atoms with van der Waals surface area (Å²) in [5, 5.41) is 7.06. The highest BCUT2D eigenvalue weighted by atomic mass is 15.1. The lowest BCUT2D eigenvalue weighted by Crippen LogP contribution is -2.45. The number of para-hydroxylation sites is 1. The maximum absolute atomic E-state index is 4.49. The summed E-state index contributed by atoms with van der Waals surface area (Å²) in [5.74, 6) is 0.988. The number of anilines is 1. The Morgan fingerprint density at radius 2 is 1.90 bits per heavy atom. The van der Waals surface area contributed by atoms with Gasteiger partial charge in [0.05, 0.1) is 6.04 Å². The zero-order valence-corrected chi connectivity index (χ0v) is 11.4. The molecule has 0 bridgehead atoms. The number of rotatable bonds is 3. The van der Waals surface area contributed by atoms with Crippen LogP contribution >= 0.6 is 0 Å². The van der Waals surface area contributed by atoms with Crippen LogP contribution in [0.15, 0.2) is 71.9 Å². The quantitative estimate of drug-likeness (QED) is 0.880. The van der Waals surface area contributed by atoms with Crippen molar-refractivity contribution in [2.75, 3.05) is 5.32 Å². The second kappa shape index (κ2) is 6.35. The molecule has 3 rings (SSSR count). The molecule has 3 heteroatoms. The van der Waals surface area contributed by atoms with Crippen LogP contribution in [0.5, 0.6) is 0 Å². The van der Waals surface area contributed by atoms with E-state index >= 15 is 0 Å². The number of hydrogen-bond donors (Lipinski definition) is 2. The Balaban J connectivity index is 1.67. The lowest BCUT2D eigenvalue weighted by Gasteiger charge is -2.26. The first-order chi connectivity index (χ1) is 9.92. The molecule has 0 spiro atoms. The molecule has 1 aliphatic heterocycles. The van der Waals surface area contributed by atoms with Crippen molar-refractivity contribution in [3.05, 3.63) is 66.9 Å². The fraction of sp³-hybridized carbons (Fsp3) is 0.235.